The number of pyridine rings is 1. The van der Waals surface area contributed by atoms with E-state index in [4.69, 9.17) is 9.72 Å². The molecule has 4 fully saturated rings. The van der Waals surface area contributed by atoms with Crippen molar-refractivity contribution in [1.82, 2.24) is 20.3 Å². The number of H-pyrrole nitrogens is 1. The second-order valence-corrected chi connectivity index (χ2v) is 7.53. The summed E-state index contributed by atoms with van der Waals surface area (Å²) >= 11 is 0. The van der Waals surface area contributed by atoms with Crippen LogP contribution >= 0.6 is 12.4 Å². The van der Waals surface area contributed by atoms with Gasteiger partial charge in [-0.05, 0) is 51.1 Å². The maximum Gasteiger partial charge on any atom is 0.178 e. The van der Waals surface area contributed by atoms with E-state index in [1.54, 1.807) is 7.11 Å². The minimum Gasteiger partial charge on any atom is -0.378 e. The Bertz CT molecular complexity index is 766. The van der Waals surface area contributed by atoms with Gasteiger partial charge in [0.2, 0.25) is 0 Å². The number of halogens is 2. The van der Waals surface area contributed by atoms with E-state index in [1.165, 1.54) is 6.20 Å². The standard InChI is InChI=1S/C17H21FN4O.ClH/c1-23-17-7-16(8-17,9-17)15-21-13-12(10-2-4-19-5-3-10)11(18)6-20-14(13)22-15;/h6,10,19H,2-5,7-9H2,1H3,(H,20,21,22);1H. The second-order valence-electron chi connectivity index (χ2n) is 7.53. The molecule has 2 aromatic heterocycles. The Kier molecular flexibility index (Phi) is 3.64. The van der Waals surface area contributed by atoms with Gasteiger partial charge < -0.3 is 15.0 Å². The van der Waals surface area contributed by atoms with Crippen molar-refractivity contribution in [3.63, 3.8) is 0 Å². The zero-order valence-corrected chi connectivity index (χ0v) is 14.5. The molecule has 0 amide bonds. The van der Waals surface area contributed by atoms with Crippen molar-refractivity contribution >= 4 is 23.6 Å². The van der Waals surface area contributed by atoms with Gasteiger partial charge in [-0.25, -0.2) is 14.4 Å². The highest BCUT2D eigenvalue weighted by Crippen LogP contribution is 2.68. The van der Waals surface area contributed by atoms with Gasteiger partial charge >= 0.3 is 0 Å². The minimum absolute atomic E-state index is 0. The highest BCUT2D eigenvalue weighted by Gasteiger charge is 2.70. The number of aromatic amines is 1. The largest absolute Gasteiger partial charge is 0.378 e. The van der Waals surface area contributed by atoms with Crippen LogP contribution in [0.1, 0.15) is 49.4 Å². The molecule has 130 valence electrons. The van der Waals surface area contributed by atoms with Crippen molar-refractivity contribution in [2.75, 3.05) is 20.2 Å². The predicted molar refractivity (Wildman–Crippen MR) is 91.2 cm³/mol. The van der Waals surface area contributed by atoms with Gasteiger partial charge in [-0.2, -0.15) is 0 Å². The molecule has 1 aliphatic heterocycles. The molecule has 3 heterocycles. The van der Waals surface area contributed by atoms with Gasteiger partial charge in [-0.3, -0.25) is 0 Å². The summed E-state index contributed by atoms with van der Waals surface area (Å²) in [6, 6.07) is 0. The highest BCUT2D eigenvalue weighted by atomic mass is 35.5. The molecule has 0 radical (unpaired) electrons. The fourth-order valence-corrected chi connectivity index (χ4v) is 4.88. The molecular weight excluding hydrogens is 331 g/mol. The van der Waals surface area contributed by atoms with Gasteiger partial charge in [0.1, 0.15) is 11.6 Å². The van der Waals surface area contributed by atoms with Crippen LogP contribution < -0.4 is 5.32 Å². The number of piperidine rings is 1. The monoisotopic (exact) mass is 352 g/mol. The molecule has 0 atom stereocenters. The summed E-state index contributed by atoms with van der Waals surface area (Å²) in [5.41, 5.74) is 2.44. The molecule has 0 spiro atoms. The smallest absolute Gasteiger partial charge is 0.178 e. The van der Waals surface area contributed by atoms with Crippen LogP contribution in [0.3, 0.4) is 0 Å². The molecule has 2 aromatic rings. The second kappa shape index (κ2) is 5.38. The Hall–Kier alpha value is -1.24. The van der Waals surface area contributed by atoms with E-state index in [0.717, 1.165) is 62.1 Å². The zero-order chi connectivity index (χ0) is 15.7. The summed E-state index contributed by atoms with van der Waals surface area (Å²) in [6.45, 7) is 1.88. The number of hydrogen-bond donors (Lipinski definition) is 2. The summed E-state index contributed by atoms with van der Waals surface area (Å²) < 4.78 is 20.1. The van der Waals surface area contributed by atoms with E-state index in [-0.39, 0.29) is 35.2 Å². The molecule has 0 aromatic carbocycles. The normalized spacial score (nSPS) is 32.1. The maximum atomic E-state index is 14.5. The quantitative estimate of drug-likeness (QED) is 0.891. The molecule has 2 N–H and O–H groups in total. The molecule has 24 heavy (non-hydrogen) atoms. The van der Waals surface area contributed by atoms with Crippen LogP contribution in [0.4, 0.5) is 4.39 Å². The number of hydrogen-bond acceptors (Lipinski definition) is 4. The number of aromatic nitrogens is 3. The topological polar surface area (TPSA) is 62.8 Å². The Morgan fingerprint density at radius 3 is 2.62 bits per heavy atom. The zero-order valence-electron chi connectivity index (χ0n) is 13.7. The number of methoxy groups -OCH3 is 1. The van der Waals surface area contributed by atoms with E-state index in [1.807, 2.05) is 0 Å². The van der Waals surface area contributed by atoms with E-state index in [9.17, 15) is 4.39 Å². The summed E-state index contributed by atoms with van der Waals surface area (Å²) in [6.07, 6.45) is 6.30. The summed E-state index contributed by atoms with van der Waals surface area (Å²) in [5, 5.41) is 3.34. The fourth-order valence-electron chi connectivity index (χ4n) is 4.88. The first-order chi connectivity index (χ1) is 11.1. The number of imidazole rings is 1. The van der Waals surface area contributed by atoms with Crippen molar-refractivity contribution in [3.8, 4) is 0 Å². The van der Waals surface area contributed by atoms with Gasteiger partial charge in [0.25, 0.3) is 0 Å². The third kappa shape index (κ3) is 2.06. The van der Waals surface area contributed by atoms with Crippen LogP contribution in [0.2, 0.25) is 0 Å². The van der Waals surface area contributed by atoms with Crippen LogP contribution in [-0.2, 0) is 10.2 Å². The first-order valence-corrected chi connectivity index (χ1v) is 8.45. The lowest BCUT2D eigenvalue weighted by molar-refractivity contribution is -0.234. The highest BCUT2D eigenvalue weighted by molar-refractivity contribution is 5.85. The molecule has 2 bridgehead atoms. The number of nitrogens with one attached hydrogen (secondary N) is 2. The summed E-state index contributed by atoms with van der Waals surface area (Å²) in [7, 11) is 1.79. The van der Waals surface area contributed by atoms with E-state index in [2.05, 4.69) is 15.3 Å². The summed E-state index contributed by atoms with van der Waals surface area (Å²) in [5.74, 6) is 1.01. The van der Waals surface area contributed by atoms with Gasteiger partial charge in [0.15, 0.2) is 5.65 Å². The number of rotatable bonds is 3. The average molecular weight is 353 g/mol. The molecule has 3 saturated carbocycles. The van der Waals surface area contributed by atoms with Crippen molar-refractivity contribution < 1.29 is 9.13 Å². The molecule has 6 rings (SSSR count). The van der Waals surface area contributed by atoms with Gasteiger partial charge in [-0.1, -0.05) is 0 Å². The van der Waals surface area contributed by atoms with Gasteiger partial charge in [0, 0.05) is 18.1 Å². The van der Waals surface area contributed by atoms with Crippen molar-refractivity contribution in [2.24, 2.45) is 0 Å². The molecular formula is C17H22ClFN4O. The van der Waals surface area contributed by atoms with Gasteiger partial charge in [-0.15, -0.1) is 12.4 Å². The van der Waals surface area contributed by atoms with Crippen molar-refractivity contribution in [2.45, 2.75) is 49.0 Å². The number of nitrogens with zero attached hydrogens (tertiary/aromatic N) is 2. The Labute approximate surface area is 146 Å². The molecule has 3 aliphatic carbocycles. The van der Waals surface area contributed by atoms with Crippen molar-refractivity contribution in [1.29, 1.82) is 0 Å². The molecule has 0 unspecified atom stereocenters. The third-order valence-corrected chi connectivity index (χ3v) is 6.18. The predicted octanol–water partition coefficient (Wildman–Crippen LogP) is 2.81. The SMILES string of the molecule is COC12CC(c3nc4ncc(F)c(C5CCNCC5)c4[nH]3)(C1)C2.Cl. The maximum absolute atomic E-state index is 14.5. The molecule has 5 nitrogen and oxygen atoms in total. The number of ether oxygens (including phenoxy) is 1. The van der Waals surface area contributed by atoms with E-state index >= 15 is 0 Å². The first kappa shape index (κ1) is 16.2. The van der Waals surface area contributed by atoms with Gasteiger partial charge in [0.05, 0.1) is 17.3 Å². The first-order valence-electron chi connectivity index (χ1n) is 8.45. The molecule has 4 aliphatic rings. The van der Waals surface area contributed by atoms with E-state index in [0.29, 0.717) is 5.65 Å². The van der Waals surface area contributed by atoms with Crippen LogP contribution in [0.5, 0.6) is 0 Å². The molecule has 1 saturated heterocycles. The van der Waals surface area contributed by atoms with Crippen LogP contribution in [-0.4, -0.2) is 40.8 Å². The van der Waals surface area contributed by atoms with E-state index < -0.39 is 0 Å². The van der Waals surface area contributed by atoms with Crippen LogP contribution in [0, 0.1) is 5.82 Å². The number of fused-ring (bicyclic) bond motifs is 1. The Balaban J connectivity index is 0.00000146. The lowest BCUT2D eigenvalue weighted by atomic mass is 9.41. The Morgan fingerprint density at radius 2 is 1.96 bits per heavy atom. The lowest BCUT2D eigenvalue weighted by Gasteiger charge is -2.68. The fraction of sp³-hybridized carbons (Fsp3) is 0.647. The van der Waals surface area contributed by atoms with Crippen molar-refractivity contribution in [3.05, 3.63) is 23.4 Å². The lowest BCUT2D eigenvalue weighted by Crippen LogP contribution is -2.70. The molecule has 7 heteroatoms. The third-order valence-electron chi connectivity index (χ3n) is 6.18. The Morgan fingerprint density at radius 1 is 1.25 bits per heavy atom. The minimum atomic E-state index is -0.203. The summed E-state index contributed by atoms with van der Waals surface area (Å²) in [4.78, 5) is 12.4. The average Bonchev–Trinajstić information content (AvgIpc) is 2.89. The van der Waals surface area contributed by atoms with Crippen LogP contribution in [0.15, 0.2) is 6.20 Å². The van der Waals surface area contributed by atoms with Crippen LogP contribution in [0.25, 0.3) is 11.2 Å².